The fourth-order valence-corrected chi connectivity index (χ4v) is 2.78. The Kier molecular flexibility index (Phi) is 7.49. The quantitative estimate of drug-likeness (QED) is 0.733. The number of rotatable bonds is 9. The van der Waals surface area contributed by atoms with Gasteiger partial charge in [0.2, 0.25) is 0 Å². The highest BCUT2D eigenvalue weighted by Gasteiger charge is 2.17. The molecule has 2 aromatic rings. The molecule has 6 heteroatoms. The Bertz CT molecular complexity index is 722. The average Bonchev–Trinajstić information content (AvgIpc) is 2.68. The summed E-state index contributed by atoms with van der Waals surface area (Å²) in [7, 11) is 7.10. The molecule has 2 rings (SSSR count). The number of methoxy groups -OCH3 is 2. The van der Waals surface area contributed by atoms with Crippen LogP contribution >= 0.6 is 0 Å². The molecule has 0 saturated carbocycles. The second kappa shape index (κ2) is 9.83. The van der Waals surface area contributed by atoms with Crippen molar-refractivity contribution in [1.29, 1.82) is 0 Å². The highest BCUT2D eigenvalue weighted by Crippen LogP contribution is 2.23. The van der Waals surface area contributed by atoms with E-state index in [2.05, 4.69) is 10.2 Å². The molecule has 146 valence electrons. The Hall–Kier alpha value is -2.73. The maximum atomic E-state index is 12.6. The first kappa shape index (κ1) is 20.6. The zero-order valence-electron chi connectivity index (χ0n) is 16.6. The van der Waals surface area contributed by atoms with E-state index >= 15 is 0 Å². The van der Waals surface area contributed by atoms with Gasteiger partial charge in [-0.3, -0.25) is 4.79 Å². The maximum Gasteiger partial charge on any atom is 0.251 e. The van der Waals surface area contributed by atoms with E-state index in [1.165, 1.54) is 0 Å². The molecule has 0 aliphatic carbocycles. The largest absolute Gasteiger partial charge is 0.497 e. The van der Waals surface area contributed by atoms with Crippen molar-refractivity contribution in [3.63, 3.8) is 0 Å². The fourth-order valence-electron chi connectivity index (χ4n) is 2.78. The summed E-state index contributed by atoms with van der Waals surface area (Å²) in [5.74, 6) is 1.82. The number of hydrogen-bond acceptors (Lipinski definition) is 5. The lowest BCUT2D eigenvalue weighted by Gasteiger charge is -2.25. The number of nitrogens with one attached hydrogen (secondary N) is 1. The third kappa shape index (κ3) is 5.62. The summed E-state index contributed by atoms with van der Waals surface area (Å²) in [6.07, 6.45) is 0. The van der Waals surface area contributed by atoms with Crippen LogP contribution < -0.4 is 19.5 Å². The summed E-state index contributed by atoms with van der Waals surface area (Å²) in [5.41, 5.74) is 1.60. The minimum atomic E-state index is -0.176. The van der Waals surface area contributed by atoms with E-state index < -0.39 is 0 Å². The van der Waals surface area contributed by atoms with Gasteiger partial charge in [-0.2, -0.15) is 0 Å². The Morgan fingerprint density at radius 1 is 1.00 bits per heavy atom. The number of benzene rings is 2. The fraction of sp³-hybridized carbons (Fsp3) is 0.381. The van der Waals surface area contributed by atoms with Gasteiger partial charge in [-0.05, 0) is 50.8 Å². The van der Waals surface area contributed by atoms with Gasteiger partial charge in [0.25, 0.3) is 5.91 Å². The molecule has 0 spiro atoms. The predicted molar refractivity (Wildman–Crippen MR) is 106 cm³/mol. The highest BCUT2D eigenvalue weighted by atomic mass is 16.5. The zero-order chi connectivity index (χ0) is 19.8. The molecule has 0 saturated heterocycles. The van der Waals surface area contributed by atoms with Gasteiger partial charge in [0.05, 0.1) is 26.9 Å². The standard InChI is InChI=1S/C21H28N2O4/c1-6-27-17-9-7-15(8-10-17)20(23(2)3)14-22-21(24)16-11-18(25-4)13-19(12-16)26-5/h7-13,20H,6,14H2,1-5H3,(H,22,24). The molecule has 0 aromatic heterocycles. The van der Waals surface area contributed by atoms with E-state index in [0.717, 1.165) is 11.3 Å². The van der Waals surface area contributed by atoms with Crippen LogP contribution in [-0.2, 0) is 0 Å². The van der Waals surface area contributed by atoms with E-state index in [4.69, 9.17) is 14.2 Å². The van der Waals surface area contributed by atoms with Crippen molar-refractivity contribution in [2.45, 2.75) is 13.0 Å². The SMILES string of the molecule is CCOc1ccc(C(CNC(=O)c2cc(OC)cc(OC)c2)N(C)C)cc1. The van der Waals surface area contributed by atoms with E-state index in [1.807, 2.05) is 45.3 Å². The molecule has 1 amide bonds. The first-order valence-electron chi connectivity index (χ1n) is 8.89. The Morgan fingerprint density at radius 2 is 1.59 bits per heavy atom. The lowest BCUT2D eigenvalue weighted by molar-refractivity contribution is 0.0941. The number of amides is 1. The Morgan fingerprint density at radius 3 is 2.07 bits per heavy atom. The molecular weight excluding hydrogens is 344 g/mol. The van der Waals surface area contributed by atoms with Crippen molar-refractivity contribution in [2.24, 2.45) is 0 Å². The van der Waals surface area contributed by atoms with Crippen LogP contribution in [0, 0.1) is 0 Å². The van der Waals surface area contributed by atoms with Crippen molar-refractivity contribution < 1.29 is 19.0 Å². The smallest absolute Gasteiger partial charge is 0.251 e. The van der Waals surface area contributed by atoms with Crippen LogP contribution in [0.15, 0.2) is 42.5 Å². The monoisotopic (exact) mass is 372 g/mol. The molecule has 1 N–H and O–H groups in total. The number of hydrogen-bond donors (Lipinski definition) is 1. The van der Waals surface area contributed by atoms with E-state index in [-0.39, 0.29) is 11.9 Å². The van der Waals surface area contributed by atoms with Crippen LogP contribution in [0.4, 0.5) is 0 Å². The molecule has 0 radical (unpaired) electrons. The molecule has 0 aliphatic heterocycles. The van der Waals surface area contributed by atoms with Gasteiger partial charge in [-0.1, -0.05) is 12.1 Å². The average molecular weight is 372 g/mol. The number of carbonyl (C=O) groups is 1. The van der Waals surface area contributed by atoms with Crippen molar-refractivity contribution in [3.8, 4) is 17.2 Å². The Balaban J connectivity index is 2.10. The van der Waals surface area contributed by atoms with Gasteiger partial charge < -0.3 is 24.4 Å². The molecule has 0 bridgehead atoms. The summed E-state index contributed by atoms with van der Waals surface area (Å²) >= 11 is 0. The van der Waals surface area contributed by atoms with E-state index in [1.54, 1.807) is 32.4 Å². The van der Waals surface area contributed by atoms with E-state index in [9.17, 15) is 4.79 Å². The van der Waals surface area contributed by atoms with Gasteiger partial charge in [-0.15, -0.1) is 0 Å². The van der Waals surface area contributed by atoms with Crippen LogP contribution in [0.5, 0.6) is 17.2 Å². The van der Waals surface area contributed by atoms with Crippen molar-refractivity contribution in [3.05, 3.63) is 53.6 Å². The maximum absolute atomic E-state index is 12.6. The minimum Gasteiger partial charge on any atom is -0.497 e. The minimum absolute atomic E-state index is 0.0390. The first-order chi connectivity index (χ1) is 13.0. The molecule has 0 fully saturated rings. The summed E-state index contributed by atoms with van der Waals surface area (Å²) < 4.78 is 16.0. The second-order valence-corrected chi connectivity index (χ2v) is 6.29. The molecule has 6 nitrogen and oxygen atoms in total. The van der Waals surface area contributed by atoms with Gasteiger partial charge in [-0.25, -0.2) is 0 Å². The number of nitrogens with zero attached hydrogens (tertiary/aromatic N) is 1. The highest BCUT2D eigenvalue weighted by molar-refractivity contribution is 5.95. The second-order valence-electron chi connectivity index (χ2n) is 6.29. The van der Waals surface area contributed by atoms with Crippen LogP contribution in [-0.4, -0.2) is 52.3 Å². The van der Waals surface area contributed by atoms with Crippen LogP contribution in [0.1, 0.15) is 28.9 Å². The van der Waals surface area contributed by atoms with Gasteiger partial charge in [0.1, 0.15) is 17.2 Å². The summed E-state index contributed by atoms with van der Waals surface area (Å²) in [6.45, 7) is 3.06. The third-order valence-electron chi connectivity index (χ3n) is 4.27. The Labute approximate surface area is 161 Å². The molecular formula is C21H28N2O4. The van der Waals surface area contributed by atoms with Gasteiger partial charge >= 0.3 is 0 Å². The van der Waals surface area contributed by atoms with Crippen molar-refractivity contribution in [2.75, 3.05) is 41.5 Å². The zero-order valence-corrected chi connectivity index (χ0v) is 16.6. The van der Waals surface area contributed by atoms with Crippen LogP contribution in [0.2, 0.25) is 0 Å². The van der Waals surface area contributed by atoms with Gasteiger partial charge in [0.15, 0.2) is 0 Å². The molecule has 1 unspecified atom stereocenters. The van der Waals surface area contributed by atoms with Crippen molar-refractivity contribution in [1.82, 2.24) is 10.2 Å². The van der Waals surface area contributed by atoms with Crippen LogP contribution in [0.25, 0.3) is 0 Å². The lowest BCUT2D eigenvalue weighted by atomic mass is 10.1. The summed E-state index contributed by atoms with van der Waals surface area (Å²) in [5, 5.41) is 3.00. The topological polar surface area (TPSA) is 60.0 Å². The molecule has 27 heavy (non-hydrogen) atoms. The number of ether oxygens (including phenoxy) is 3. The molecule has 0 heterocycles. The van der Waals surface area contributed by atoms with Crippen molar-refractivity contribution >= 4 is 5.91 Å². The molecule has 1 atom stereocenters. The van der Waals surface area contributed by atoms with Crippen LogP contribution in [0.3, 0.4) is 0 Å². The van der Waals surface area contributed by atoms with Gasteiger partial charge in [0, 0.05) is 18.2 Å². The third-order valence-corrected chi connectivity index (χ3v) is 4.27. The summed E-state index contributed by atoms with van der Waals surface area (Å²) in [4.78, 5) is 14.7. The normalized spacial score (nSPS) is 11.8. The summed E-state index contributed by atoms with van der Waals surface area (Å²) in [6, 6.07) is 13.1. The first-order valence-corrected chi connectivity index (χ1v) is 8.89. The number of carbonyl (C=O) groups excluding carboxylic acids is 1. The molecule has 2 aromatic carbocycles. The molecule has 0 aliphatic rings. The van der Waals surface area contributed by atoms with E-state index in [0.29, 0.717) is 30.2 Å². The predicted octanol–water partition coefficient (Wildman–Crippen LogP) is 3.14. The lowest BCUT2D eigenvalue weighted by Crippen LogP contribution is -2.34. The number of likely N-dealkylation sites (N-methyl/N-ethyl adjacent to an activating group) is 1.